The highest BCUT2D eigenvalue weighted by Crippen LogP contribution is 2.30. The van der Waals surface area contributed by atoms with E-state index in [1.54, 1.807) is 34.0 Å². The number of aromatic nitrogens is 4. The fourth-order valence-electron chi connectivity index (χ4n) is 5.16. The molecule has 38 heavy (non-hydrogen) atoms. The van der Waals surface area contributed by atoms with Crippen LogP contribution in [0, 0.1) is 0 Å². The molecule has 3 aromatic heterocycles. The Kier molecular flexibility index (Phi) is 6.96. The number of ether oxygens (including phenoxy) is 2. The van der Waals surface area contributed by atoms with Gasteiger partial charge in [-0.15, -0.1) is 11.3 Å². The summed E-state index contributed by atoms with van der Waals surface area (Å²) < 4.78 is 14.9. The standard InChI is InChI=1S/C27H30N6O4S/c1-31-25-22(3-2-4-24(25)37-19-6-13-36-14-7-19)33(27(31)35)26-30-20(17-38-26)23(34)15-18-16-29-8-5-21(18)32-11-9-28-10-12-32/h2-5,8,16-17,19,28H,6-7,9-15H2,1H3. The number of hydrogen-bond donors (Lipinski definition) is 1. The van der Waals surface area contributed by atoms with Crippen molar-refractivity contribution in [3.63, 3.8) is 0 Å². The third kappa shape index (κ3) is 4.72. The molecule has 1 N–H and O–H groups in total. The number of rotatable bonds is 7. The van der Waals surface area contributed by atoms with E-state index in [2.05, 4.69) is 20.2 Å². The maximum atomic E-state index is 13.3. The number of aryl methyl sites for hydroxylation is 1. The number of piperazine rings is 1. The molecule has 10 nitrogen and oxygen atoms in total. The summed E-state index contributed by atoms with van der Waals surface area (Å²) in [7, 11) is 1.73. The summed E-state index contributed by atoms with van der Waals surface area (Å²) in [6, 6.07) is 7.62. The number of fused-ring (bicyclic) bond motifs is 1. The maximum Gasteiger partial charge on any atom is 0.335 e. The van der Waals surface area contributed by atoms with E-state index in [9.17, 15) is 9.59 Å². The smallest absolute Gasteiger partial charge is 0.335 e. The van der Waals surface area contributed by atoms with Gasteiger partial charge in [-0.1, -0.05) is 6.07 Å². The molecule has 0 amide bonds. The van der Waals surface area contributed by atoms with Gasteiger partial charge < -0.3 is 19.7 Å². The molecular weight excluding hydrogens is 504 g/mol. The van der Waals surface area contributed by atoms with Crippen LogP contribution in [0.4, 0.5) is 5.69 Å². The lowest BCUT2D eigenvalue weighted by Crippen LogP contribution is -2.44. The second-order valence-electron chi connectivity index (χ2n) is 9.59. The first-order valence-electron chi connectivity index (χ1n) is 12.9. The van der Waals surface area contributed by atoms with E-state index >= 15 is 0 Å². The number of carbonyl (C=O) groups is 1. The van der Waals surface area contributed by atoms with Crippen LogP contribution < -0.4 is 20.6 Å². The second-order valence-corrected chi connectivity index (χ2v) is 10.4. The van der Waals surface area contributed by atoms with Crippen LogP contribution in [0.5, 0.6) is 5.75 Å². The summed E-state index contributed by atoms with van der Waals surface area (Å²) in [5.41, 5.74) is 3.44. The van der Waals surface area contributed by atoms with Crippen LogP contribution in [-0.4, -0.2) is 70.4 Å². The predicted molar refractivity (Wildman–Crippen MR) is 146 cm³/mol. The number of hydrogen-bond acceptors (Lipinski definition) is 9. The Bertz CT molecular complexity index is 1510. The van der Waals surface area contributed by atoms with Gasteiger partial charge in [0.1, 0.15) is 23.1 Å². The lowest BCUT2D eigenvalue weighted by molar-refractivity contribution is 0.0260. The molecule has 2 fully saturated rings. The first-order valence-corrected chi connectivity index (χ1v) is 13.8. The molecule has 0 atom stereocenters. The minimum atomic E-state index is -0.232. The molecule has 2 saturated heterocycles. The van der Waals surface area contributed by atoms with E-state index in [1.807, 2.05) is 24.3 Å². The molecule has 0 spiro atoms. The number of nitrogens with zero attached hydrogens (tertiary/aromatic N) is 5. The van der Waals surface area contributed by atoms with Crippen molar-refractivity contribution in [3.8, 4) is 10.9 Å². The Labute approximate surface area is 223 Å². The first kappa shape index (κ1) is 24.8. The van der Waals surface area contributed by atoms with E-state index in [0.717, 1.165) is 50.3 Å². The van der Waals surface area contributed by atoms with Crippen LogP contribution in [0.25, 0.3) is 16.2 Å². The number of Topliss-reactive ketones (excluding diaryl/α,β-unsaturated/α-hetero) is 1. The lowest BCUT2D eigenvalue weighted by Gasteiger charge is -2.30. The Morgan fingerprint density at radius 3 is 2.84 bits per heavy atom. The number of thiazole rings is 1. The summed E-state index contributed by atoms with van der Waals surface area (Å²) >= 11 is 1.28. The van der Waals surface area contributed by atoms with Crippen LogP contribution in [0.1, 0.15) is 28.9 Å². The zero-order valence-corrected chi connectivity index (χ0v) is 22.1. The number of ketones is 1. The van der Waals surface area contributed by atoms with Crippen molar-refractivity contribution in [1.82, 2.24) is 24.4 Å². The van der Waals surface area contributed by atoms with Gasteiger partial charge in [0.25, 0.3) is 0 Å². The van der Waals surface area contributed by atoms with Gasteiger partial charge in [-0.25, -0.2) is 14.3 Å². The second kappa shape index (κ2) is 10.7. The molecule has 0 bridgehead atoms. The lowest BCUT2D eigenvalue weighted by atomic mass is 10.1. The third-order valence-corrected chi connectivity index (χ3v) is 7.98. The predicted octanol–water partition coefficient (Wildman–Crippen LogP) is 2.57. The molecule has 5 heterocycles. The summed E-state index contributed by atoms with van der Waals surface area (Å²) in [6.45, 7) is 4.94. The molecule has 0 unspecified atom stereocenters. The minimum Gasteiger partial charge on any atom is -0.488 e. The summed E-state index contributed by atoms with van der Waals surface area (Å²) in [5.74, 6) is 0.561. The van der Waals surface area contributed by atoms with Crippen LogP contribution in [0.2, 0.25) is 0 Å². The van der Waals surface area contributed by atoms with Gasteiger partial charge in [-0.3, -0.25) is 14.3 Å². The Morgan fingerprint density at radius 1 is 1.21 bits per heavy atom. The number of benzene rings is 1. The van der Waals surface area contributed by atoms with Gasteiger partial charge in [0.2, 0.25) is 0 Å². The highest BCUT2D eigenvalue weighted by atomic mass is 32.1. The third-order valence-electron chi connectivity index (χ3n) is 7.15. The Balaban J connectivity index is 1.28. The van der Waals surface area contributed by atoms with Crippen LogP contribution in [-0.2, 0) is 18.2 Å². The first-order chi connectivity index (χ1) is 18.6. The van der Waals surface area contributed by atoms with Gasteiger partial charge in [0.15, 0.2) is 10.9 Å². The van der Waals surface area contributed by atoms with Crippen molar-refractivity contribution < 1.29 is 14.3 Å². The monoisotopic (exact) mass is 534 g/mol. The zero-order valence-electron chi connectivity index (χ0n) is 21.3. The van der Waals surface area contributed by atoms with Gasteiger partial charge >= 0.3 is 5.69 Å². The van der Waals surface area contributed by atoms with Gasteiger partial charge in [0.05, 0.1) is 18.7 Å². The largest absolute Gasteiger partial charge is 0.488 e. The summed E-state index contributed by atoms with van der Waals surface area (Å²) in [4.78, 5) is 37.8. The zero-order chi connectivity index (χ0) is 26.1. The number of anilines is 1. The van der Waals surface area contributed by atoms with Crippen molar-refractivity contribution in [3.05, 3.63) is 63.8 Å². The summed E-state index contributed by atoms with van der Waals surface area (Å²) in [5, 5.41) is 5.54. The number of imidazole rings is 1. The molecule has 2 aliphatic rings. The molecule has 1 aromatic carbocycles. The molecule has 11 heteroatoms. The van der Waals surface area contributed by atoms with E-state index in [-0.39, 0.29) is 24.0 Å². The normalized spacial score (nSPS) is 16.7. The van der Waals surface area contributed by atoms with Crippen LogP contribution in [0.3, 0.4) is 0 Å². The van der Waals surface area contributed by atoms with Crippen molar-refractivity contribution in [2.24, 2.45) is 7.05 Å². The Morgan fingerprint density at radius 2 is 2.03 bits per heavy atom. The van der Waals surface area contributed by atoms with E-state index in [1.165, 1.54) is 11.3 Å². The summed E-state index contributed by atoms with van der Waals surface area (Å²) in [6.07, 6.45) is 5.41. The molecule has 198 valence electrons. The van der Waals surface area contributed by atoms with Gasteiger partial charge in [0, 0.05) is 81.5 Å². The van der Waals surface area contributed by atoms with Crippen LogP contribution in [0.15, 0.2) is 46.8 Å². The van der Waals surface area contributed by atoms with E-state index < -0.39 is 0 Å². The molecule has 2 aliphatic heterocycles. The SMILES string of the molecule is Cn1c(=O)n(-c2nc(C(=O)Cc3cnccc3N3CCNCC3)cs2)c2cccc(OC3CCOCC3)c21. The van der Waals surface area contributed by atoms with Crippen molar-refractivity contribution in [2.45, 2.75) is 25.4 Å². The molecular formula is C27H30N6O4S. The molecule has 0 radical (unpaired) electrons. The fraction of sp³-hybridized carbons (Fsp3) is 0.407. The van der Waals surface area contributed by atoms with Crippen molar-refractivity contribution >= 4 is 33.8 Å². The van der Waals surface area contributed by atoms with Crippen molar-refractivity contribution in [1.29, 1.82) is 0 Å². The van der Waals surface area contributed by atoms with E-state index in [4.69, 9.17) is 9.47 Å². The average molecular weight is 535 g/mol. The fourth-order valence-corrected chi connectivity index (χ4v) is 5.99. The van der Waals surface area contributed by atoms with E-state index in [0.29, 0.717) is 40.8 Å². The topological polar surface area (TPSA) is 104 Å². The Hall–Kier alpha value is -3.54. The minimum absolute atomic E-state index is 0.0513. The number of nitrogens with one attached hydrogen (secondary N) is 1. The van der Waals surface area contributed by atoms with Crippen molar-refractivity contribution in [2.75, 3.05) is 44.3 Å². The molecule has 0 aliphatic carbocycles. The maximum absolute atomic E-state index is 13.3. The highest BCUT2D eigenvalue weighted by molar-refractivity contribution is 7.12. The molecule has 6 rings (SSSR count). The quantitative estimate of drug-likeness (QED) is 0.361. The van der Waals surface area contributed by atoms with Crippen LogP contribution >= 0.6 is 11.3 Å². The van der Waals surface area contributed by atoms with Gasteiger partial charge in [-0.2, -0.15) is 0 Å². The highest BCUT2D eigenvalue weighted by Gasteiger charge is 2.23. The number of pyridine rings is 1. The molecule has 0 saturated carbocycles. The number of para-hydroxylation sites is 1. The van der Waals surface area contributed by atoms with Gasteiger partial charge in [-0.05, 0) is 18.2 Å². The molecule has 4 aromatic rings. The number of carbonyl (C=O) groups excluding carboxylic acids is 1. The average Bonchev–Trinajstić information content (AvgIpc) is 3.53.